The number of ether oxygens (including phenoxy) is 1. The first-order valence-electron chi connectivity index (χ1n) is 16.0. The van der Waals surface area contributed by atoms with Crippen molar-refractivity contribution in [2.24, 2.45) is 23.7 Å². The molecule has 2 atom stereocenters. The smallest absolute Gasteiger partial charge is 0.408 e. The minimum Gasteiger partial charge on any atom is -0.481 e. The number of carboxylic acids is 1. The number of rotatable bonds is 12. The predicted octanol–water partition coefficient (Wildman–Crippen LogP) is 4.51. The Kier molecular flexibility index (Phi) is 8.83. The number of fused-ring (bicyclic) bond motifs is 1. The van der Waals surface area contributed by atoms with E-state index in [-0.39, 0.29) is 32.0 Å². The normalized spacial score (nSPS) is 25.2. The maximum Gasteiger partial charge on any atom is 0.408 e. The van der Waals surface area contributed by atoms with E-state index in [1.807, 2.05) is 36.5 Å². The Morgan fingerprint density at radius 3 is 2.29 bits per heavy atom. The van der Waals surface area contributed by atoms with Crippen molar-refractivity contribution < 1.29 is 29.0 Å². The average molecular weight is 615 g/mol. The van der Waals surface area contributed by atoms with Crippen LogP contribution < -0.4 is 16.0 Å². The highest BCUT2D eigenvalue weighted by molar-refractivity contribution is 5.92. The first-order valence-corrected chi connectivity index (χ1v) is 16.0. The fourth-order valence-electron chi connectivity index (χ4n) is 8.14. The zero-order valence-electron chi connectivity index (χ0n) is 25.6. The van der Waals surface area contributed by atoms with E-state index in [2.05, 4.69) is 20.9 Å². The van der Waals surface area contributed by atoms with Crippen molar-refractivity contribution in [2.45, 2.75) is 69.4 Å². The molecule has 0 spiro atoms. The summed E-state index contributed by atoms with van der Waals surface area (Å²) in [7, 11) is 0. The van der Waals surface area contributed by atoms with Gasteiger partial charge in [-0.25, -0.2) is 4.79 Å². The lowest BCUT2D eigenvalue weighted by atomic mass is 9.55. The second-order valence-corrected chi connectivity index (χ2v) is 13.4. The van der Waals surface area contributed by atoms with E-state index in [1.54, 1.807) is 31.2 Å². The summed E-state index contributed by atoms with van der Waals surface area (Å²) in [5.41, 5.74) is 1.07. The van der Waals surface area contributed by atoms with Gasteiger partial charge in [-0.15, -0.1) is 0 Å². The molecule has 10 nitrogen and oxygen atoms in total. The Morgan fingerprint density at radius 2 is 1.60 bits per heavy atom. The van der Waals surface area contributed by atoms with Crippen LogP contribution in [0.2, 0.25) is 0 Å². The first kappa shape index (κ1) is 30.7. The molecule has 1 aromatic heterocycles. The van der Waals surface area contributed by atoms with E-state index >= 15 is 0 Å². The minimum absolute atomic E-state index is 0.0260. The Bertz CT molecular complexity index is 1530. The quantitative estimate of drug-likeness (QED) is 0.203. The van der Waals surface area contributed by atoms with Gasteiger partial charge >= 0.3 is 12.1 Å². The maximum absolute atomic E-state index is 14.1. The Morgan fingerprint density at radius 1 is 0.933 bits per heavy atom. The van der Waals surface area contributed by atoms with E-state index in [1.165, 1.54) is 6.42 Å². The zero-order chi connectivity index (χ0) is 31.6. The molecule has 0 aliphatic heterocycles. The second-order valence-electron chi connectivity index (χ2n) is 13.4. The minimum atomic E-state index is -1.39. The summed E-state index contributed by atoms with van der Waals surface area (Å²) >= 11 is 0. The third-order valence-electron chi connectivity index (χ3n) is 10.1. The van der Waals surface area contributed by atoms with Gasteiger partial charge in [-0.1, -0.05) is 48.5 Å². The lowest BCUT2D eigenvalue weighted by Gasteiger charge is -2.53. The Hall–Kier alpha value is -4.34. The molecule has 5 N–H and O–H groups in total. The highest BCUT2D eigenvalue weighted by Gasteiger charge is 2.50. The van der Waals surface area contributed by atoms with Gasteiger partial charge in [0.25, 0.3) is 0 Å². The lowest BCUT2D eigenvalue weighted by molar-refractivity contribution is -0.137. The van der Waals surface area contributed by atoms with Crippen LogP contribution in [0.5, 0.6) is 0 Å². The standard InChI is InChI=1S/C35H42N4O6/c1-35(18-26-19-37-29-10-6-5-9-27(26)29,39-34(44)45-31-24-14-21-13-22(16-24)17-25(31)15-21)33(43)38-20-28(23-7-3-2-4-8-23)32(42)36-12-11-30(40)41/h2-10,19,21-22,24-25,28,31,37H,11-18,20H2,1H3,(H,36,42)(H,38,43)(H,39,44)(H,40,41)/t21?,22?,24?,25?,28-,31?,35-/m1/s1. The van der Waals surface area contributed by atoms with Crippen LogP contribution in [0, 0.1) is 23.7 Å². The summed E-state index contributed by atoms with van der Waals surface area (Å²) in [5.74, 6) is -0.372. The number of amides is 3. The number of benzene rings is 2. The third kappa shape index (κ3) is 6.84. The van der Waals surface area contributed by atoms with Crippen molar-refractivity contribution >= 4 is 34.8 Å². The van der Waals surface area contributed by atoms with Gasteiger partial charge in [0, 0.05) is 36.6 Å². The number of alkyl carbamates (subject to hydrolysis) is 1. The monoisotopic (exact) mass is 614 g/mol. The first-order chi connectivity index (χ1) is 21.7. The summed E-state index contributed by atoms with van der Waals surface area (Å²) in [6, 6.07) is 16.8. The van der Waals surface area contributed by atoms with Gasteiger partial charge in [0.2, 0.25) is 11.8 Å². The fraction of sp³-hybridized carbons (Fsp3) is 0.486. The molecule has 4 bridgehead atoms. The molecule has 0 unspecified atom stereocenters. The third-order valence-corrected chi connectivity index (χ3v) is 10.1. The number of aromatic nitrogens is 1. The van der Waals surface area contributed by atoms with Crippen molar-refractivity contribution in [3.63, 3.8) is 0 Å². The molecule has 3 amide bonds. The summed E-state index contributed by atoms with van der Waals surface area (Å²) < 4.78 is 6.13. The molecule has 7 rings (SSSR count). The van der Waals surface area contributed by atoms with E-state index in [0.29, 0.717) is 17.4 Å². The number of carbonyl (C=O) groups excluding carboxylic acids is 3. The SMILES string of the molecule is C[C@](Cc1c[nH]c2ccccc12)(NC(=O)OC1C2CC3CC(C2)CC1C3)C(=O)NC[C@@H](C(=O)NCCC(=O)O)c1ccccc1. The van der Waals surface area contributed by atoms with Gasteiger partial charge in [-0.3, -0.25) is 14.4 Å². The van der Waals surface area contributed by atoms with Crippen LogP contribution in [0.1, 0.15) is 62.5 Å². The molecule has 0 saturated heterocycles. The van der Waals surface area contributed by atoms with Crippen LogP contribution in [0.15, 0.2) is 60.8 Å². The molecule has 238 valence electrons. The summed E-state index contributed by atoms with van der Waals surface area (Å²) in [6.45, 7) is 1.62. The highest BCUT2D eigenvalue weighted by Crippen LogP contribution is 2.54. The van der Waals surface area contributed by atoms with Gasteiger partial charge < -0.3 is 30.8 Å². The molecule has 4 aliphatic rings. The van der Waals surface area contributed by atoms with Crippen LogP contribution in [0.3, 0.4) is 0 Å². The Labute approximate surface area is 262 Å². The zero-order valence-corrected chi connectivity index (χ0v) is 25.6. The van der Waals surface area contributed by atoms with Crippen LogP contribution >= 0.6 is 0 Å². The largest absolute Gasteiger partial charge is 0.481 e. The molecule has 10 heteroatoms. The number of aromatic amines is 1. The lowest BCUT2D eigenvalue weighted by Crippen LogP contribution is -2.60. The number of nitrogens with one attached hydrogen (secondary N) is 4. The van der Waals surface area contributed by atoms with Crippen molar-refractivity contribution in [1.29, 1.82) is 0 Å². The molecule has 4 fully saturated rings. The van der Waals surface area contributed by atoms with Crippen molar-refractivity contribution in [3.8, 4) is 0 Å². The average Bonchev–Trinajstić information content (AvgIpc) is 3.41. The molecule has 2 aromatic carbocycles. The molecule has 3 aromatic rings. The van der Waals surface area contributed by atoms with Crippen LogP contribution in [0.25, 0.3) is 10.9 Å². The molecule has 4 saturated carbocycles. The molecule has 4 aliphatic carbocycles. The molecule has 0 radical (unpaired) electrons. The van der Waals surface area contributed by atoms with Crippen molar-refractivity contribution in [3.05, 3.63) is 71.9 Å². The van der Waals surface area contributed by atoms with Crippen molar-refractivity contribution in [1.82, 2.24) is 20.9 Å². The number of carbonyl (C=O) groups is 4. The number of carboxylic acid groups (broad SMARTS) is 1. The Balaban J connectivity index is 1.19. The van der Waals surface area contributed by atoms with Gasteiger partial charge in [0.15, 0.2) is 0 Å². The van der Waals surface area contributed by atoms with Gasteiger partial charge in [-0.2, -0.15) is 0 Å². The maximum atomic E-state index is 14.1. The number of hydrogen-bond donors (Lipinski definition) is 5. The van der Waals surface area contributed by atoms with Crippen molar-refractivity contribution in [2.75, 3.05) is 13.1 Å². The van der Waals surface area contributed by atoms with E-state index in [9.17, 15) is 19.2 Å². The van der Waals surface area contributed by atoms with Crippen LogP contribution in [0.4, 0.5) is 4.79 Å². The molecule has 45 heavy (non-hydrogen) atoms. The predicted molar refractivity (Wildman–Crippen MR) is 168 cm³/mol. The van der Waals surface area contributed by atoms with Crippen LogP contribution in [-0.4, -0.2) is 58.7 Å². The summed E-state index contributed by atoms with van der Waals surface area (Å²) in [6.07, 6.45) is 6.83. The fourth-order valence-corrected chi connectivity index (χ4v) is 8.14. The number of para-hydroxylation sites is 1. The topological polar surface area (TPSA) is 150 Å². The summed E-state index contributed by atoms with van der Waals surface area (Å²) in [5, 5.41) is 18.5. The molecular formula is C35H42N4O6. The second kappa shape index (κ2) is 12.9. The highest BCUT2D eigenvalue weighted by atomic mass is 16.6. The van der Waals surface area contributed by atoms with Gasteiger partial charge in [0.1, 0.15) is 11.6 Å². The van der Waals surface area contributed by atoms with E-state index in [4.69, 9.17) is 9.84 Å². The number of aliphatic carboxylic acids is 1. The number of hydrogen-bond acceptors (Lipinski definition) is 5. The molecule has 1 heterocycles. The number of H-pyrrole nitrogens is 1. The van der Waals surface area contributed by atoms with E-state index < -0.39 is 35.3 Å². The molecular weight excluding hydrogens is 572 g/mol. The van der Waals surface area contributed by atoms with Crippen LogP contribution in [-0.2, 0) is 25.5 Å². The van der Waals surface area contributed by atoms with E-state index in [0.717, 1.165) is 54.0 Å². The summed E-state index contributed by atoms with van der Waals surface area (Å²) in [4.78, 5) is 55.0. The van der Waals surface area contributed by atoms with Gasteiger partial charge in [0.05, 0.1) is 12.3 Å². The van der Waals surface area contributed by atoms with Gasteiger partial charge in [-0.05, 0) is 79.9 Å².